The highest BCUT2D eigenvalue weighted by atomic mass is 16.6. The smallest absolute Gasteiger partial charge is 0.270 e. The highest BCUT2D eigenvalue weighted by molar-refractivity contribution is 5.44. The minimum absolute atomic E-state index is 0.0115. The number of rotatable bonds is 6. The van der Waals surface area contributed by atoms with E-state index in [1.807, 2.05) is 13.8 Å². The third-order valence-electron chi connectivity index (χ3n) is 3.70. The summed E-state index contributed by atoms with van der Waals surface area (Å²) in [6.07, 6.45) is 2.02. The summed E-state index contributed by atoms with van der Waals surface area (Å²) in [6.45, 7) is 5.44. The van der Waals surface area contributed by atoms with Gasteiger partial charge in [-0.25, -0.2) is 0 Å². The number of ether oxygens (including phenoxy) is 1. The Balaban J connectivity index is 2.25. The summed E-state index contributed by atoms with van der Waals surface area (Å²) >= 11 is 0. The number of benzene rings is 1. The molecule has 0 bridgehead atoms. The fourth-order valence-electron chi connectivity index (χ4n) is 2.70. The van der Waals surface area contributed by atoms with E-state index >= 15 is 0 Å². The zero-order chi connectivity index (χ0) is 15.4. The first kappa shape index (κ1) is 15.7. The van der Waals surface area contributed by atoms with Crippen molar-refractivity contribution in [2.45, 2.75) is 45.4 Å². The van der Waals surface area contributed by atoms with Crippen LogP contribution in [0.3, 0.4) is 0 Å². The summed E-state index contributed by atoms with van der Waals surface area (Å²) in [5.74, 6) is 0.680. The van der Waals surface area contributed by atoms with Crippen LogP contribution in [0.15, 0.2) is 18.2 Å². The van der Waals surface area contributed by atoms with Crippen LogP contribution in [-0.2, 0) is 6.54 Å². The van der Waals surface area contributed by atoms with Crippen molar-refractivity contribution in [3.8, 4) is 5.75 Å². The Hall–Kier alpha value is -1.66. The van der Waals surface area contributed by atoms with E-state index in [0.717, 1.165) is 24.9 Å². The van der Waals surface area contributed by atoms with Crippen LogP contribution in [0.25, 0.3) is 0 Å². The van der Waals surface area contributed by atoms with Crippen molar-refractivity contribution >= 4 is 5.69 Å². The molecule has 1 aliphatic rings. The number of hydrogen-bond donors (Lipinski definition) is 1. The molecule has 0 aliphatic carbocycles. The lowest BCUT2D eigenvalue weighted by Crippen LogP contribution is -2.31. The average molecular weight is 294 g/mol. The molecule has 1 heterocycles. The maximum atomic E-state index is 11.0. The lowest BCUT2D eigenvalue weighted by atomic mass is 10.1. The predicted molar refractivity (Wildman–Crippen MR) is 79.4 cm³/mol. The van der Waals surface area contributed by atoms with Crippen molar-refractivity contribution in [2.24, 2.45) is 0 Å². The summed E-state index contributed by atoms with van der Waals surface area (Å²) in [4.78, 5) is 12.7. The highest BCUT2D eigenvalue weighted by Crippen LogP contribution is 2.29. The Morgan fingerprint density at radius 3 is 2.90 bits per heavy atom. The maximum Gasteiger partial charge on any atom is 0.270 e. The Bertz CT molecular complexity index is 504. The monoisotopic (exact) mass is 294 g/mol. The molecule has 0 saturated carbocycles. The summed E-state index contributed by atoms with van der Waals surface area (Å²) in [5, 5.41) is 20.3. The first-order valence-corrected chi connectivity index (χ1v) is 7.30. The van der Waals surface area contributed by atoms with Gasteiger partial charge in [-0.3, -0.25) is 15.0 Å². The maximum absolute atomic E-state index is 11.0. The van der Waals surface area contributed by atoms with Gasteiger partial charge in [-0.15, -0.1) is 0 Å². The van der Waals surface area contributed by atoms with Crippen LogP contribution >= 0.6 is 0 Å². The number of nitro benzene ring substituents is 1. The van der Waals surface area contributed by atoms with Crippen LogP contribution in [-0.4, -0.2) is 40.2 Å². The topological polar surface area (TPSA) is 75.8 Å². The van der Waals surface area contributed by atoms with Crippen molar-refractivity contribution in [2.75, 3.05) is 13.2 Å². The molecule has 116 valence electrons. The molecule has 21 heavy (non-hydrogen) atoms. The number of aliphatic hydroxyl groups is 1. The molecule has 1 aromatic rings. The molecule has 1 N–H and O–H groups in total. The van der Waals surface area contributed by atoms with Gasteiger partial charge in [0, 0.05) is 30.3 Å². The van der Waals surface area contributed by atoms with Gasteiger partial charge in [-0.2, -0.15) is 0 Å². The number of nitrogens with zero attached hydrogens (tertiary/aromatic N) is 2. The van der Waals surface area contributed by atoms with Crippen LogP contribution in [0.2, 0.25) is 0 Å². The molecule has 1 aliphatic heterocycles. The molecule has 0 radical (unpaired) electrons. The van der Waals surface area contributed by atoms with Gasteiger partial charge in [-0.05, 0) is 39.3 Å². The van der Waals surface area contributed by atoms with Crippen molar-refractivity contribution < 1.29 is 14.8 Å². The van der Waals surface area contributed by atoms with Crippen molar-refractivity contribution in [3.63, 3.8) is 0 Å². The van der Waals surface area contributed by atoms with E-state index in [1.54, 1.807) is 12.1 Å². The van der Waals surface area contributed by atoms with E-state index in [9.17, 15) is 15.2 Å². The molecule has 1 saturated heterocycles. The fraction of sp³-hybridized carbons (Fsp3) is 0.600. The first-order chi connectivity index (χ1) is 10.0. The van der Waals surface area contributed by atoms with Gasteiger partial charge >= 0.3 is 0 Å². The zero-order valence-electron chi connectivity index (χ0n) is 12.5. The quantitative estimate of drug-likeness (QED) is 0.643. The van der Waals surface area contributed by atoms with Crippen LogP contribution in [0.4, 0.5) is 5.69 Å². The van der Waals surface area contributed by atoms with Gasteiger partial charge in [-0.1, -0.05) is 0 Å². The number of nitro groups is 1. The average Bonchev–Trinajstić information content (AvgIpc) is 2.87. The molecule has 1 atom stereocenters. The van der Waals surface area contributed by atoms with E-state index in [2.05, 4.69) is 4.90 Å². The van der Waals surface area contributed by atoms with Crippen molar-refractivity contribution in [1.29, 1.82) is 0 Å². The van der Waals surface area contributed by atoms with E-state index < -0.39 is 4.92 Å². The van der Waals surface area contributed by atoms with Crippen LogP contribution < -0.4 is 4.74 Å². The number of likely N-dealkylation sites (tertiary alicyclic amines) is 1. The van der Waals surface area contributed by atoms with Crippen molar-refractivity contribution in [1.82, 2.24) is 4.90 Å². The summed E-state index contributed by atoms with van der Waals surface area (Å²) in [7, 11) is 0. The molecule has 1 aromatic carbocycles. The third-order valence-corrected chi connectivity index (χ3v) is 3.70. The Morgan fingerprint density at radius 1 is 1.52 bits per heavy atom. The van der Waals surface area contributed by atoms with E-state index in [-0.39, 0.29) is 24.4 Å². The molecule has 2 rings (SSSR count). The zero-order valence-corrected chi connectivity index (χ0v) is 12.5. The van der Waals surface area contributed by atoms with Gasteiger partial charge in [0.1, 0.15) is 5.75 Å². The second-order valence-electron chi connectivity index (χ2n) is 5.66. The Kier molecular flexibility index (Phi) is 5.14. The number of hydrogen-bond acceptors (Lipinski definition) is 5. The Morgan fingerprint density at radius 2 is 2.29 bits per heavy atom. The van der Waals surface area contributed by atoms with Gasteiger partial charge in [0.2, 0.25) is 0 Å². The van der Waals surface area contributed by atoms with Crippen LogP contribution in [0, 0.1) is 10.1 Å². The van der Waals surface area contributed by atoms with E-state index in [4.69, 9.17) is 4.74 Å². The van der Waals surface area contributed by atoms with Gasteiger partial charge in [0.05, 0.1) is 17.6 Å². The molecular formula is C15H22N2O4. The normalized spacial score (nSPS) is 19.1. The molecule has 0 aromatic heterocycles. The highest BCUT2D eigenvalue weighted by Gasteiger charge is 2.25. The minimum Gasteiger partial charge on any atom is -0.491 e. The molecule has 0 spiro atoms. The molecule has 1 unspecified atom stereocenters. The summed E-state index contributed by atoms with van der Waals surface area (Å²) in [5.41, 5.74) is 0.874. The van der Waals surface area contributed by atoms with E-state index in [1.165, 1.54) is 6.07 Å². The number of non-ortho nitro benzene ring substituents is 1. The molecule has 1 fully saturated rings. The molecular weight excluding hydrogens is 272 g/mol. The summed E-state index contributed by atoms with van der Waals surface area (Å²) < 4.78 is 5.75. The minimum atomic E-state index is -0.393. The first-order valence-electron chi connectivity index (χ1n) is 7.30. The standard InChI is InChI=1S/C15H22N2O4/c1-11(2)21-15-6-5-13(17(19)20)8-12(15)9-16-7-3-4-14(16)10-18/h5-6,8,11,14,18H,3-4,7,9-10H2,1-2H3. The molecule has 6 nitrogen and oxygen atoms in total. The Labute approximate surface area is 124 Å². The summed E-state index contributed by atoms with van der Waals surface area (Å²) in [6, 6.07) is 4.84. The second kappa shape index (κ2) is 6.87. The lowest BCUT2D eigenvalue weighted by molar-refractivity contribution is -0.385. The van der Waals surface area contributed by atoms with Gasteiger partial charge in [0.15, 0.2) is 0 Å². The predicted octanol–water partition coefficient (Wildman–Crippen LogP) is 2.34. The van der Waals surface area contributed by atoms with Gasteiger partial charge in [0.25, 0.3) is 5.69 Å². The van der Waals surface area contributed by atoms with Crippen molar-refractivity contribution in [3.05, 3.63) is 33.9 Å². The van der Waals surface area contributed by atoms with Crippen LogP contribution in [0.5, 0.6) is 5.75 Å². The third kappa shape index (κ3) is 3.92. The van der Waals surface area contributed by atoms with Gasteiger partial charge < -0.3 is 9.84 Å². The van der Waals surface area contributed by atoms with Crippen LogP contribution in [0.1, 0.15) is 32.3 Å². The second-order valence-corrected chi connectivity index (χ2v) is 5.66. The fourth-order valence-corrected chi connectivity index (χ4v) is 2.70. The lowest BCUT2D eigenvalue weighted by Gasteiger charge is -2.24. The largest absolute Gasteiger partial charge is 0.491 e. The molecule has 6 heteroatoms. The SMILES string of the molecule is CC(C)Oc1ccc([N+](=O)[O-])cc1CN1CCCC1CO. The van der Waals surface area contributed by atoms with E-state index in [0.29, 0.717) is 12.3 Å². The number of aliphatic hydroxyl groups excluding tert-OH is 1. The molecule has 0 amide bonds.